The summed E-state index contributed by atoms with van der Waals surface area (Å²) >= 11 is 0. The minimum Gasteiger partial charge on any atom is -0.361 e. The predicted octanol–water partition coefficient (Wildman–Crippen LogP) is -5.52. The molecule has 82 valence electrons. The summed E-state index contributed by atoms with van der Waals surface area (Å²) in [6, 6.07) is 0. The van der Waals surface area contributed by atoms with Crippen LogP contribution >= 0.6 is 0 Å². The lowest BCUT2D eigenvalue weighted by molar-refractivity contribution is -0.493. The molecule has 2 amide bonds. The van der Waals surface area contributed by atoms with Gasteiger partial charge < -0.3 is 36.4 Å². The highest BCUT2D eigenvalue weighted by Gasteiger charge is 2.49. The summed E-state index contributed by atoms with van der Waals surface area (Å²) < 4.78 is 0. The van der Waals surface area contributed by atoms with Crippen molar-refractivity contribution in [3.63, 3.8) is 0 Å². The molecule has 0 fully saturated rings. The number of aliphatic hydroxyl groups is 6. The van der Waals surface area contributed by atoms with Crippen LogP contribution in [0.4, 0.5) is 0 Å². The van der Waals surface area contributed by atoms with Gasteiger partial charge in [-0.05, 0) is 0 Å². The molecule has 0 saturated heterocycles. The molecule has 8 N–H and O–H groups in total. The standard InChI is InChI=1S/C4H8N2O8/c5-1(7)2(8)6(3(9,10)11)4(12,13)14/h9-14H,(H2,5,7). The van der Waals surface area contributed by atoms with E-state index >= 15 is 0 Å². The van der Waals surface area contributed by atoms with Gasteiger partial charge in [0.1, 0.15) is 0 Å². The highest BCUT2D eigenvalue weighted by atomic mass is 16.8. The van der Waals surface area contributed by atoms with Crippen LogP contribution in [0.3, 0.4) is 0 Å². The van der Waals surface area contributed by atoms with E-state index < -0.39 is 28.9 Å². The second kappa shape index (κ2) is 3.45. The molecule has 0 atom stereocenters. The zero-order chi connectivity index (χ0) is 11.7. The average Bonchev–Trinajstić information content (AvgIpc) is 1.79. The van der Waals surface area contributed by atoms with Gasteiger partial charge in [-0.15, -0.1) is 0 Å². The van der Waals surface area contributed by atoms with Crippen LogP contribution in [0.15, 0.2) is 0 Å². The van der Waals surface area contributed by atoms with Gasteiger partial charge in [-0.25, -0.2) is 0 Å². The van der Waals surface area contributed by atoms with Crippen LogP contribution < -0.4 is 5.73 Å². The minimum atomic E-state index is -4.16. The Kier molecular flexibility index (Phi) is 3.13. The van der Waals surface area contributed by atoms with Crippen molar-refractivity contribution < 1.29 is 40.2 Å². The lowest BCUT2D eigenvalue weighted by Crippen LogP contribution is -2.65. The van der Waals surface area contributed by atoms with E-state index in [9.17, 15) is 9.59 Å². The molecule has 0 spiro atoms. The molecule has 0 aromatic carbocycles. The van der Waals surface area contributed by atoms with Gasteiger partial charge in [-0.2, -0.15) is 4.90 Å². The monoisotopic (exact) mass is 212 g/mol. The molecule has 14 heavy (non-hydrogen) atoms. The van der Waals surface area contributed by atoms with Crippen LogP contribution in [-0.2, 0) is 9.59 Å². The number of rotatable bonds is 2. The quantitative estimate of drug-likeness (QED) is 0.174. The Hall–Kier alpha value is -1.30. The van der Waals surface area contributed by atoms with Crippen molar-refractivity contribution in [3.05, 3.63) is 0 Å². The first kappa shape index (κ1) is 12.7. The first-order valence-corrected chi connectivity index (χ1v) is 2.96. The molecule has 0 rings (SSSR count). The van der Waals surface area contributed by atoms with E-state index in [0.29, 0.717) is 0 Å². The highest BCUT2D eigenvalue weighted by molar-refractivity contribution is 6.34. The van der Waals surface area contributed by atoms with Crippen LogP contribution in [-0.4, -0.2) is 59.5 Å². The number of primary amides is 1. The first-order chi connectivity index (χ1) is 5.98. The number of hydrogen-bond acceptors (Lipinski definition) is 8. The van der Waals surface area contributed by atoms with Crippen molar-refractivity contribution in [1.82, 2.24) is 4.90 Å². The summed E-state index contributed by atoms with van der Waals surface area (Å²) in [6.07, 6.45) is -8.32. The van der Waals surface area contributed by atoms with Gasteiger partial charge in [0, 0.05) is 0 Å². The Labute approximate surface area is 76.0 Å². The number of carbonyl (C=O) groups is 2. The van der Waals surface area contributed by atoms with Crippen LogP contribution in [0.1, 0.15) is 0 Å². The van der Waals surface area contributed by atoms with Gasteiger partial charge >= 0.3 is 24.0 Å². The van der Waals surface area contributed by atoms with Crippen molar-refractivity contribution in [2.45, 2.75) is 12.2 Å². The topological polar surface area (TPSA) is 185 Å². The molecule has 0 aliphatic heterocycles. The molecule has 0 aromatic rings. The molecule has 0 aliphatic rings. The summed E-state index contributed by atoms with van der Waals surface area (Å²) in [6.45, 7) is 0. The fourth-order valence-corrected chi connectivity index (χ4v) is 0.584. The maximum atomic E-state index is 10.6. The largest absolute Gasteiger partial charge is 0.378 e. The van der Waals surface area contributed by atoms with E-state index in [-0.39, 0.29) is 0 Å². The summed E-state index contributed by atoms with van der Waals surface area (Å²) in [4.78, 5) is 19.7. The van der Waals surface area contributed by atoms with Gasteiger partial charge in [0.2, 0.25) is 0 Å². The first-order valence-electron chi connectivity index (χ1n) is 2.96. The molecule has 0 radical (unpaired) electrons. The molecule has 0 heterocycles. The van der Waals surface area contributed by atoms with Crippen LogP contribution in [0, 0.1) is 0 Å². The van der Waals surface area contributed by atoms with Crippen molar-refractivity contribution in [2.75, 3.05) is 0 Å². The number of amides is 2. The Morgan fingerprint density at radius 1 is 0.929 bits per heavy atom. The maximum Gasteiger partial charge on any atom is 0.378 e. The second-order valence-corrected chi connectivity index (χ2v) is 2.20. The molecular formula is C4H8N2O8. The lowest BCUT2D eigenvalue weighted by Gasteiger charge is -2.34. The molecule has 0 saturated carbocycles. The number of carbonyl (C=O) groups excluding carboxylic acids is 2. The maximum absolute atomic E-state index is 10.6. The fraction of sp³-hybridized carbons (Fsp3) is 0.500. The third kappa shape index (κ3) is 2.88. The minimum absolute atomic E-state index is 1.16. The molecule has 10 heteroatoms. The Bertz CT molecular complexity index is 235. The smallest absolute Gasteiger partial charge is 0.361 e. The van der Waals surface area contributed by atoms with Gasteiger partial charge in [-0.3, -0.25) is 9.59 Å². The summed E-state index contributed by atoms with van der Waals surface area (Å²) in [5, 5.41) is 50.2. The highest BCUT2D eigenvalue weighted by Crippen LogP contribution is 2.13. The zero-order valence-electron chi connectivity index (χ0n) is 6.52. The summed E-state index contributed by atoms with van der Waals surface area (Å²) in [5.41, 5.74) is 4.33. The van der Waals surface area contributed by atoms with E-state index in [1.54, 1.807) is 0 Å². The second-order valence-electron chi connectivity index (χ2n) is 2.20. The van der Waals surface area contributed by atoms with E-state index in [1.807, 2.05) is 0 Å². The Morgan fingerprint density at radius 3 is 1.29 bits per heavy atom. The van der Waals surface area contributed by atoms with Gasteiger partial charge in [0.25, 0.3) is 0 Å². The van der Waals surface area contributed by atoms with Gasteiger partial charge in [-0.1, -0.05) is 0 Å². The molecule has 0 aromatic heterocycles. The van der Waals surface area contributed by atoms with Crippen LogP contribution in [0.25, 0.3) is 0 Å². The van der Waals surface area contributed by atoms with Crippen molar-refractivity contribution in [3.8, 4) is 0 Å². The third-order valence-electron chi connectivity index (χ3n) is 1.01. The van der Waals surface area contributed by atoms with Gasteiger partial charge in [0.05, 0.1) is 0 Å². The molecule has 0 aliphatic carbocycles. The summed E-state index contributed by atoms with van der Waals surface area (Å²) in [5.74, 6) is -4.00. The average molecular weight is 212 g/mol. The predicted molar refractivity (Wildman–Crippen MR) is 34.8 cm³/mol. The normalized spacial score (nSPS) is 12.4. The van der Waals surface area contributed by atoms with Crippen molar-refractivity contribution in [2.24, 2.45) is 5.73 Å². The Morgan fingerprint density at radius 2 is 1.21 bits per heavy atom. The Balaban J connectivity index is 5.15. The summed E-state index contributed by atoms with van der Waals surface area (Å²) in [7, 11) is 0. The fourth-order valence-electron chi connectivity index (χ4n) is 0.584. The lowest BCUT2D eigenvalue weighted by atomic mass is 10.5. The molecule has 0 bridgehead atoms. The number of nitrogens with two attached hydrogens (primary N) is 1. The zero-order valence-corrected chi connectivity index (χ0v) is 6.52. The SMILES string of the molecule is NC(=O)C(=O)N(C(O)(O)O)C(O)(O)O. The van der Waals surface area contributed by atoms with E-state index in [1.165, 1.54) is 0 Å². The van der Waals surface area contributed by atoms with Crippen LogP contribution in [0.2, 0.25) is 0 Å². The third-order valence-corrected chi connectivity index (χ3v) is 1.01. The van der Waals surface area contributed by atoms with E-state index in [4.69, 9.17) is 30.6 Å². The van der Waals surface area contributed by atoms with E-state index in [2.05, 4.69) is 5.73 Å². The molecular weight excluding hydrogens is 204 g/mol. The van der Waals surface area contributed by atoms with Crippen molar-refractivity contribution >= 4 is 11.8 Å². The van der Waals surface area contributed by atoms with Crippen molar-refractivity contribution in [1.29, 1.82) is 0 Å². The van der Waals surface area contributed by atoms with E-state index in [0.717, 1.165) is 0 Å². The van der Waals surface area contributed by atoms with Crippen LogP contribution in [0.5, 0.6) is 0 Å². The van der Waals surface area contributed by atoms with Gasteiger partial charge in [0.15, 0.2) is 0 Å². The number of nitrogens with zero attached hydrogens (tertiary/aromatic N) is 1. The molecule has 10 nitrogen and oxygen atoms in total. The number of hydrogen-bond donors (Lipinski definition) is 7. The molecule has 0 unspecified atom stereocenters.